The van der Waals surface area contributed by atoms with Crippen LogP contribution in [-0.4, -0.2) is 30.8 Å². The van der Waals surface area contributed by atoms with Crippen molar-refractivity contribution in [3.05, 3.63) is 41.9 Å². The minimum absolute atomic E-state index is 0.372. The first kappa shape index (κ1) is 13.7. The largest absolute Gasteiger partial charge is 0.497 e. The monoisotopic (exact) mass is 286 g/mol. The van der Waals surface area contributed by atoms with Gasteiger partial charge in [0, 0.05) is 30.8 Å². The van der Waals surface area contributed by atoms with Crippen molar-refractivity contribution < 1.29 is 14.2 Å². The minimum atomic E-state index is 0.372. The molecule has 1 aliphatic heterocycles. The summed E-state index contributed by atoms with van der Waals surface area (Å²) in [6, 6.07) is 5.97. The second kappa shape index (κ2) is 5.99. The summed E-state index contributed by atoms with van der Waals surface area (Å²) in [7, 11) is 3.28. The molecule has 2 heterocycles. The Balaban J connectivity index is 1.74. The van der Waals surface area contributed by atoms with Gasteiger partial charge < -0.3 is 14.2 Å². The van der Waals surface area contributed by atoms with Crippen LogP contribution >= 0.6 is 0 Å². The van der Waals surface area contributed by atoms with E-state index < -0.39 is 0 Å². The first-order valence-corrected chi connectivity index (χ1v) is 6.93. The Kier molecular flexibility index (Phi) is 3.90. The summed E-state index contributed by atoms with van der Waals surface area (Å²) in [6.07, 6.45) is 5.09. The molecular weight excluding hydrogens is 268 g/mol. The van der Waals surface area contributed by atoms with Crippen LogP contribution in [0, 0.1) is 5.92 Å². The first-order valence-electron chi connectivity index (χ1n) is 6.93. The molecule has 0 spiro atoms. The number of ether oxygens (including phenoxy) is 3. The molecule has 0 fully saturated rings. The van der Waals surface area contributed by atoms with Gasteiger partial charge in [0.2, 0.25) is 5.88 Å². The molecule has 1 aliphatic rings. The molecule has 1 atom stereocenters. The number of hydrogen-bond donors (Lipinski definition) is 0. The molecule has 1 aromatic heterocycles. The fraction of sp³-hybridized carbons (Fsp3) is 0.375. The zero-order valence-corrected chi connectivity index (χ0v) is 12.2. The van der Waals surface area contributed by atoms with Crippen LogP contribution in [0.3, 0.4) is 0 Å². The van der Waals surface area contributed by atoms with Gasteiger partial charge in [0.1, 0.15) is 17.2 Å². The van der Waals surface area contributed by atoms with E-state index in [1.165, 1.54) is 5.56 Å². The fourth-order valence-corrected chi connectivity index (χ4v) is 2.61. The molecule has 0 amide bonds. The Hall–Kier alpha value is -2.30. The Morgan fingerprint density at radius 3 is 2.86 bits per heavy atom. The van der Waals surface area contributed by atoms with Crippen LogP contribution in [0.15, 0.2) is 30.6 Å². The van der Waals surface area contributed by atoms with Crippen molar-refractivity contribution in [1.82, 2.24) is 9.97 Å². The summed E-state index contributed by atoms with van der Waals surface area (Å²) in [5.41, 5.74) is 2.08. The third kappa shape index (κ3) is 2.91. The lowest BCUT2D eigenvalue weighted by atomic mass is 9.92. The number of rotatable bonds is 4. The molecule has 5 nitrogen and oxygen atoms in total. The van der Waals surface area contributed by atoms with Crippen molar-refractivity contribution in [3.63, 3.8) is 0 Å². The molecule has 0 aliphatic carbocycles. The van der Waals surface area contributed by atoms with Crippen molar-refractivity contribution >= 4 is 0 Å². The molecule has 110 valence electrons. The third-order valence-electron chi connectivity index (χ3n) is 3.67. The van der Waals surface area contributed by atoms with E-state index in [0.29, 0.717) is 18.4 Å². The highest BCUT2D eigenvalue weighted by molar-refractivity contribution is 5.42. The third-order valence-corrected chi connectivity index (χ3v) is 3.67. The van der Waals surface area contributed by atoms with Crippen LogP contribution in [0.25, 0.3) is 0 Å². The summed E-state index contributed by atoms with van der Waals surface area (Å²) < 4.78 is 16.3. The van der Waals surface area contributed by atoms with E-state index in [1.807, 2.05) is 12.1 Å². The zero-order chi connectivity index (χ0) is 14.7. The van der Waals surface area contributed by atoms with Gasteiger partial charge in [0.05, 0.1) is 20.8 Å². The molecule has 0 radical (unpaired) electrons. The number of benzene rings is 1. The van der Waals surface area contributed by atoms with Gasteiger partial charge in [-0.3, -0.25) is 4.98 Å². The Labute approximate surface area is 123 Å². The van der Waals surface area contributed by atoms with Crippen molar-refractivity contribution in [2.24, 2.45) is 5.92 Å². The van der Waals surface area contributed by atoms with Gasteiger partial charge in [-0.1, -0.05) is 6.07 Å². The van der Waals surface area contributed by atoms with Gasteiger partial charge in [0.25, 0.3) is 0 Å². The second-order valence-corrected chi connectivity index (χ2v) is 5.07. The minimum Gasteiger partial charge on any atom is -0.497 e. The summed E-state index contributed by atoms with van der Waals surface area (Å²) in [6.45, 7) is 0.667. The van der Waals surface area contributed by atoms with Gasteiger partial charge in [-0.15, -0.1) is 0 Å². The van der Waals surface area contributed by atoms with Gasteiger partial charge in [-0.2, -0.15) is 0 Å². The Morgan fingerprint density at radius 1 is 1.19 bits per heavy atom. The predicted octanol–water partition coefficient (Wildman–Crippen LogP) is 2.29. The molecule has 0 saturated heterocycles. The van der Waals surface area contributed by atoms with E-state index >= 15 is 0 Å². The molecule has 5 heteroatoms. The number of nitrogens with zero attached hydrogens (tertiary/aromatic N) is 2. The van der Waals surface area contributed by atoms with Gasteiger partial charge in [-0.25, -0.2) is 4.98 Å². The SMILES string of the molecule is COc1ccc2c(c1)OC[C@H](Cc1nccnc1OC)C2. The normalized spacial score (nSPS) is 16.8. The van der Waals surface area contributed by atoms with E-state index in [9.17, 15) is 0 Å². The molecule has 0 saturated carbocycles. The van der Waals surface area contributed by atoms with E-state index in [-0.39, 0.29) is 0 Å². The lowest BCUT2D eigenvalue weighted by Gasteiger charge is -2.25. The standard InChI is InChI=1S/C16H18N2O3/c1-19-13-4-3-12-7-11(10-21-15(12)9-13)8-14-16(20-2)18-6-5-17-14/h3-6,9,11H,7-8,10H2,1-2H3/t11-/m0/s1. The maximum atomic E-state index is 5.86. The van der Waals surface area contributed by atoms with E-state index in [0.717, 1.165) is 30.0 Å². The van der Waals surface area contributed by atoms with Crippen LogP contribution < -0.4 is 14.2 Å². The Morgan fingerprint density at radius 2 is 2.05 bits per heavy atom. The van der Waals surface area contributed by atoms with E-state index in [2.05, 4.69) is 16.0 Å². The smallest absolute Gasteiger partial charge is 0.235 e. The van der Waals surface area contributed by atoms with Crippen LogP contribution in [0.2, 0.25) is 0 Å². The number of hydrogen-bond acceptors (Lipinski definition) is 5. The summed E-state index contributed by atoms with van der Waals surface area (Å²) >= 11 is 0. The lowest BCUT2D eigenvalue weighted by Crippen LogP contribution is -2.23. The van der Waals surface area contributed by atoms with Crippen molar-refractivity contribution in [2.45, 2.75) is 12.8 Å². The van der Waals surface area contributed by atoms with Crippen LogP contribution in [-0.2, 0) is 12.8 Å². The summed E-state index contributed by atoms with van der Waals surface area (Å²) in [5.74, 6) is 2.70. The maximum Gasteiger partial charge on any atom is 0.235 e. The Bertz CT molecular complexity index is 631. The fourth-order valence-electron chi connectivity index (χ4n) is 2.61. The van der Waals surface area contributed by atoms with E-state index in [4.69, 9.17) is 14.2 Å². The summed E-state index contributed by atoms with van der Waals surface area (Å²) in [4.78, 5) is 8.55. The van der Waals surface area contributed by atoms with Gasteiger partial charge in [-0.05, 0) is 18.1 Å². The van der Waals surface area contributed by atoms with Crippen LogP contribution in [0.5, 0.6) is 17.4 Å². The molecule has 0 bridgehead atoms. The summed E-state index contributed by atoms with van der Waals surface area (Å²) in [5, 5.41) is 0. The van der Waals surface area contributed by atoms with Gasteiger partial charge in [0.15, 0.2) is 0 Å². The molecule has 0 unspecified atom stereocenters. The van der Waals surface area contributed by atoms with Crippen molar-refractivity contribution in [3.8, 4) is 17.4 Å². The maximum absolute atomic E-state index is 5.86. The average Bonchev–Trinajstić information content (AvgIpc) is 2.55. The molecule has 1 aromatic carbocycles. The highest BCUT2D eigenvalue weighted by Crippen LogP contribution is 2.32. The quantitative estimate of drug-likeness (QED) is 0.863. The molecule has 0 N–H and O–H groups in total. The van der Waals surface area contributed by atoms with E-state index in [1.54, 1.807) is 26.6 Å². The van der Waals surface area contributed by atoms with Crippen LogP contribution in [0.4, 0.5) is 0 Å². The van der Waals surface area contributed by atoms with Crippen molar-refractivity contribution in [1.29, 1.82) is 0 Å². The van der Waals surface area contributed by atoms with Crippen LogP contribution in [0.1, 0.15) is 11.3 Å². The first-order chi connectivity index (χ1) is 10.3. The highest BCUT2D eigenvalue weighted by Gasteiger charge is 2.22. The number of methoxy groups -OCH3 is 2. The molecular formula is C16H18N2O3. The topological polar surface area (TPSA) is 53.5 Å². The predicted molar refractivity (Wildman–Crippen MR) is 78.0 cm³/mol. The zero-order valence-electron chi connectivity index (χ0n) is 12.2. The lowest BCUT2D eigenvalue weighted by molar-refractivity contribution is 0.218. The molecule has 2 aromatic rings. The highest BCUT2D eigenvalue weighted by atomic mass is 16.5. The average molecular weight is 286 g/mol. The molecule has 3 rings (SSSR count). The molecule has 21 heavy (non-hydrogen) atoms. The van der Waals surface area contributed by atoms with Crippen molar-refractivity contribution in [2.75, 3.05) is 20.8 Å². The van der Waals surface area contributed by atoms with Gasteiger partial charge >= 0.3 is 0 Å². The number of fused-ring (bicyclic) bond motifs is 1. The second-order valence-electron chi connectivity index (χ2n) is 5.07. The number of aromatic nitrogens is 2.